The lowest BCUT2D eigenvalue weighted by Gasteiger charge is -2.42. The number of methoxy groups -OCH3 is 1. The first kappa shape index (κ1) is 20.6. The highest BCUT2D eigenvalue weighted by Crippen LogP contribution is 2.46. The van der Waals surface area contributed by atoms with Crippen LogP contribution in [0.5, 0.6) is 17.2 Å². The van der Waals surface area contributed by atoms with E-state index < -0.39 is 8.32 Å². The number of benzene rings is 2. The maximum Gasteiger partial charge on any atom is 0.258 e. The van der Waals surface area contributed by atoms with Crippen molar-refractivity contribution in [2.45, 2.75) is 65.1 Å². The van der Waals surface area contributed by atoms with E-state index in [1.807, 2.05) is 13.0 Å². The number of hydrogen-bond donors (Lipinski definition) is 2. The number of fused-ring (bicyclic) bond motifs is 3. The molecular formula is C23H33NO3Si. The highest BCUT2D eigenvalue weighted by atomic mass is 28.4. The summed E-state index contributed by atoms with van der Waals surface area (Å²) >= 11 is 0. The fourth-order valence-electron chi connectivity index (χ4n) is 4.84. The second-order valence-electron chi connectivity index (χ2n) is 8.78. The fraction of sp³-hybridized carbons (Fsp3) is 0.478. The molecule has 152 valence electrons. The molecule has 3 aromatic rings. The number of nitrogens with one attached hydrogen (secondary N) is 1. The van der Waals surface area contributed by atoms with Gasteiger partial charge in [0.15, 0.2) is 5.75 Å². The Morgan fingerprint density at radius 2 is 1.36 bits per heavy atom. The molecule has 2 aromatic carbocycles. The van der Waals surface area contributed by atoms with E-state index in [1.54, 1.807) is 13.2 Å². The van der Waals surface area contributed by atoms with Crippen molar-refractivity contribution in [3.63, 3.8) is 0 Å². The van der Waals surface area contributed by atoms with Gasteiger partial charge in [-0.2, -0.15) is 0 Å². The molecule has 28 heavy (non-hydrogen) atoms. The maximum absolute atomic E-state index is 10.1. The summed E-state index contributed by atoms with van der Waals surface area (Å²) in [5, 5.41) is 12.2. The zero-order valence-corrected chi connectivity index (χ0v) is 19.3. The zero-order valence-electron chi connectivity index (χ0n) is 18.3. The van der Waals surface area contributed by atoms with Crippen molar-refractivity contribution >= 4 is 30.1 Å². The SMILES string of the molecule is COc1cc2c(cc1O[Si](C(C)C)(C(C)C)C(C)C)[nH]c1cc(O)c(C)cc12. The lowest BCUT2D eigenvalue weighted by atomic mass is 10.1. The minimum atomic E-state index is -2.09. The highest BCUT2D eigenvalue weighted by Gasteiger charge is 2.47. The van der Waals surface area contributed by atoms with Gasteiger partial charge in [-0.15, -0.1) is 0 Å². The Bertz CT molecular complexity index is 982. The van der Waals surface area contributed by atoms with Gasteiger partial charge < -0.3 is 19.3 Å². The molecule has 0 aliphatic carbocycles. The molecule has 4 nitrogen and oxygen atoms in total. The van der Waals surface area contributed by atoms with Crippen molar-refractivity contribution in [3.05, 3.63) is 29.8 Å². The molecular weight excluding hydrogens is 366 g/mol. The number of hydrogen-bond acceptors (Lipinski definition) is 3. The van der Waals surface area contributed by atoms with Crippen LogP contribution < -0.4 is 9.16 Å². The second kappa shape index (κ2) is 7.36. The maximum atomic E-state index is 10.1. The summed E-state index contributed by atoms with van der Waals surface area (Å²) in [4.78, 5) is 3.43. The molecule has 1 heterocycles. The van der Waals surface area contributed by atoms with Crippen LogP contribution in [0.2, 0.25) is 16.6 Å². The lowest BCUT2D eigenvalue weighted by molar-refractivity contribution is 0.383. The zero-order chi connectivity index (χ0) is 20.8. The number of aromatic hydroxyl groups is 1. The topological polar surface area (TPSA) is 54.5 Å². The van der Waals surface area contributed by atoms with Gasteiger partial charge in [-0.25, -0.2) is 0 Å². The van der Waals surface area contributed by atoms with E-state index >= 15 is 0 Å². The van der Waals surface area contributed by atoms with E-state index in [0.717, 1.165) is 38.9 Å². The average molecular weight is 400 g/mol. The van der Waals surface area contributed by atoms with Gasteiger partial charge in [0.2, 0.25) is 0 Å². The molecule has 5 heteroatoms. The molecule has 0 amide bonds. The standard InChI is InChI=1S/C23H33NO3Si/c1-13(2)28(14(3)4,15(5)6)27-23-12-20-18(10-22(23)26-8)17-9-16(7)21(25)11-19(17)24-20/h9-15,24-25H,1-8H3. The molecule has 0 aliphatic heterocycles. The minimum absolute atomic E-state index is 0.299. The third-order valence-corrected chi connectivity index (χ3v) is 12.2. The third-order valence-electron chi connectivity index (χ3n) is 6.19. The summed E-state index contributed by atoms with van der Waals surface area (Å²) in [6.07, 6.45) is 0. The van der Waals surface area contributed by atoms with Gasteiger partial charge in [-0.1, -0.05) is 41.5 Å². The van der Waals surface area contributed by atoms with Crippen molar-refractivity contribution in [1.29, 1.82) is 0 Å². The van der Waals surface area contributed by atoms with Gasteiger partial charge in [0.05, 0.1) is 18.1 Å². The van der Waals surface area contributed by atoms with Gasteiger partial charge in [0.25, 0.3) is 8.32 Å². The Morgan fingerprint density at radius 3 is 1.89 bits per heavy atom. The van der Waals surface area contributed by atoms with Crippen molar-refractivity contribution in [1.82, 2.24) is 4.98 Å². The predicted molar refractivity (Wildman–Crippen MR) is 120 cm³/mol. The van der Waals surface area contributed by atoms with E-state index in [9.17, 15) is 5.11 Å². The molecule has 0 atom stereocenters. The first-order chi connectivity index (χ1) is 13.1. The molecule has 0 radical (unpaired) electrons. The predicted octanol–water partition coefficient (Wildman–Crippen LogP) is 6.90. The summed E-state index contributed by atoms with van der Waals surface area (Å²) < 4.78 is 12.6. The van der Waals surface area contributed by atoms with E-state index in [-0.39, 0.29) is 0 Å². The smallest absolute Gasteiger partial charge is 0.258 e. The Balaban J connectivity index is 2.22. The molecule has 0 bridgehead atoms. The molecule has 1 aromatic heterocycles. The summed E-state index contributed by atoms with van der Waals surface area (Å²) in [6, 6.07) is 7.92. The van der Waals surface area contributed by atoms with E-state index in [1.165, 1.54) is 0 Å². The Kier molecular flexibility index (Phi) is 5.41. The highest BCUT2D eigenvalue weighted by molar-refractivity contribution is 6.78. The number of H-pyrrole nitrogens is 1. The molecule has 0 saturated carbocycles. The van der Waals surface area contributed by atoms with Crippen LogP contribution in [0, 0.1) is 6.92 Å². The van der Waals surface area contributed by atoms with Gasteiger partial charge in [-0.3, -0.25) is 0 Å². The van der Waals surface area contributed by atoms with Gasteiger partial charge in [0.1, 0.15) is 11.5 Å². The molecule has 0 saturated heterocycles. The van der Waals surface area contributed by atoms with E-state index in [2.05, 4.69) is 58.7 Å². The molecule has 0 fully saturated rings. The number of rotatable bonds is 6. The molecule has 0 aliphatic rings. The summed E-state index contributed by atoms with van der Waals surface area (Å²) in [6.45, 7) is 15.6. The van der Waals surface area contributed by atoms with Crippen LogP contribution >= 0.6 is 0 Å². The van der Waals surface area contributed by atoms with Gasteiger partial charge in [0, 0.05) is 22.9 Å². The molecule has 2 N–H and O–H groups in total. The van der Waals surface area contributed by atoms with Crippen molar-refractivity contribution in [2.24, 2.45) is 0 Å². The Morgan fingerprint density at radius 1 is 0.821 bits per heavy atom. The summed E-state index contributed by atoms with van der Waals surface area (Å²) in [5.41, 5.74) is 4.21. The summed E-state index contributed by atoms with van der Waals surface area (Å²) in [5.74, 6) is 1.87. The monoisotopic (exact) mass is 399 g/mol. The molecule has 0 spiro atoms. The van der Waals surface area contributed by atoms with Crippen molar-refractivity contribution in [3.8, 4) is 17.2 Å². The molecule has 3 rings (SSSR count). The lowest BCUT2D eigenvalue weighted by Crippen LogP contribution is -2.50. The number of aromatic nitrogens is 1. The number of phenols is 1. The number of phenolic OH excluding ortho intramolecular Hbond substituents is 1. The van der Waals surface area contributed by atoms with Crippen LogP contribution in [0.3, 0.4) is 0 Å². The van der Waals surface area contributed by atoms with Crippen LogP contribution in [0.15, 0.2) is 24.3 Å². The summed E-state index contributed by atoms with van der Waals surface area (Å²) in [7, 11) is -0.396. The first-order valence-electron chi connectivity index (χ1n) is 10.1. The van der Waals surface area contributed by atoms with Crippen LogP contribution in [-0.2, 0) is 0 Å². The van der Waals surface area contributed by atoms with Crippen LogP contribution in [-0.4, -0.2) is 25.5 Å². The fourth-order valence-corrected chi connectivity index (χ4v) is 10.1. The number of ether oxygens (including phenoxy) is 1. The average Bonchev–Trinajstić information content (AvgIpc) is 2.94. The largest absolute Gasteiger partial charge is 0.540 e. The van der Waals surface area contributed by atoms with Crippen molar-refractivity contribution in [2.75, 3.05) is 7.11 Å². The van der Waals surface area contributed by atoms with Crippen LogP contribution in [0.25, 0.3) is 21.8 Å². The molecule has 0 unspecified atom stereocenters. The Labute approximate surface area is 169 Å². The Hall–Kier alpha value is -2.14. The number of aromatic amines is 1. The first-order valence-corrected chi connectivity index (χ1v) is 12.3. The third kappa shape index (κ3) is 3.15. The van der Waals surface area contributed by atoms with Crippen LogP contribution in [0.1, 0.15) is 47.1 Å². The van der Waals surface area contributed by atoms with Crippen molar-refractivity contribution < 1.29 is 14.3 Å². The normalized spacial score (nSPS) is 12.7. The minimum Gasteiger partial charge on any atom is -0.540 e. The second-order valence-corrected chi connectivity index (χ2v) is 14.2. The van der Waals surface area contributed by atoms with Gasteiger partial charge in [-0.05, 0) is 41.2 Å². The van der Waals surface area contributed by atoms with E-state index in [4.69, 9.17) is 9.16 Å². The quantitative estimate of drug-likeness (QED) is 0.443. The van der Waals surface area contributed by atoms with Crippen LogP contribution in [0.4, 0.5) is 0 Å². The van der Waals surface area contributed by atoms with Gasteiger partial charge >= 0.3 is 0 Å². The van der Waals surface area contributed by atoms with E-state index in [0.29, 0.717) is 22.4 Å². The number of aryl methyl sites for hydroxylation is 1.